The normalized spacial score (nSPS) is 12.6. The number of nitrogens with one attached hydrogen (secondary N) is 2. The topological polar surface area (TPSA) is 87.0 Å². The minimum Gasteiger partial charge on any atom is -0.468 e. The van der Waals surface area contributed by atoms with Crippen LogP contribution in [0.3, 0.4) is 0 Å². The highest BCUT2D eigenvalue weighted by Gasteiger charge is 2.21. The smallest absolute Gasteiger partial charge is 0.251 e. The van der Waals surface area contributed by atoms with E-state index in [0.29, 0.717) is 17.6 Å². The summed E-state index contributed by atoms with van der Waals surface area (Å²) < 4.78 is 5.55. The Bertz CT molecular complexity index is 792. The fourth-order valence-electron chi connectivity index (χ4n) is 2.83. The predicted octanol–water partition coefficient (Wildman–Crippen LogP) is 2.36. The van der Waals surface area contributed by atoms with E-state index in [-0.39, 0.29) is 11.9 Å². The van der Waals surface area contributed by atoms with E-state index >= 15 is 0 Å². The number of amides is 1. The molecule has 2 aromatic heterocycles. The summed E-state index contributed by atoms with van der Waals surface area (Å²) in [4.78, 5) is 14.7. The van der Waals surface area contributed by atoms with Gasteiger partial charge in [-0.2, -0.15) is 15.4 Å². The number of rotatable bonds is 7. The van der Waals surface area contributed by atoms with Crippen molar-refractivity contribution in [2.75, 3.05) is 19.6 Å². The Labute approximate surface area is 140 Å². The molecule has 0 spiro atoms. The lowest BCUT2D eigenvalue weighted by molar-refractivity contribution is 0.0930. The molecule has 1 unspecified atom stereocenters. The molecule has 0 aliphatic carbocycles. The third-order valence-corrected chi connectivity index (χ3v) is 4.16. The molecular weight excluding hydrogens is 306 g/mol. The van der Waals surface area contributed by atoms with Gasteiger partial charge in [0, 0.05) is 12.1 Å². The molecule has 1 aromatic carbocycles. The van der Waals surface area contributed by atoms with Crippen molar-refractivity contribution in [3.63, 3.8) is 0 Å². The van der Waals surface area contributed by atoms with Crippen LogP contribution in [0.15, 0.2) is 41.0 Å². The van der Waals surface area contributed by atoms with Gasteiger partial charge in [-0.3, -0.25) is 9.69 Å². The van der Waals surface area contributed by atoms with Gasteiger partial charge >= 0.3 is 0 Å². The molecule has 0 aliphatic rings. The van der Waals surface area contributed by atoms with E-state index in [1.807, 2.05) is 12.1 Å². The van der Waals surface area contributed by atoms with E-state index in [1.54, 1.807) is 24.5 Å². The van der Waals surface area contributed by atoms with Gasteiger partial charge in [0.15, 0.2) is 0 Å². The van der Waals surface area contributed by atoms with Crippen LogP contribution in [-0.2, 0) is 0 Å². The van der Waals surface area contributed by atoms with E-state index in [2.05, 4.69) is 39.5 Å². The number of aromatic nitrogens is 3. The lowest BCUT2D eigenvalue weighted by Crippen LogP contribution is -2.37. The average molecular weight is 327 g/mol. The van der Waals surface area contributed by atoms with Gasteiger partial charge in [0.1, 0.15) is 16.8 Å². The zero-order valence-corrected chi connectivity index (χ0v) is 13.8. The number of likely N-dealkylation sites (N-methyl/N-ethyl adjacent to an activating group) is 1. The van der Waals surface area contributed by atoms with Crippen LogP contribution in [0.1, 0.15) is 36.0 Å². The van der Waals surface area contributed by atoms with E-state index in [4.69, 9.17) is 4.42 Å². The van der Waals surface area contributed by atoms with Gasteiger partial charge in [-0.25, -0.2) is 0 Å². The number of furan rings is 1. The number of hydrogen-bond acceptors (Lipinski definition) is 5. The molecule has 3 rings (SSSR count). The maximum atomic E-state index is 12.5. The second-order valence-electron chi connectivity index (χ2n) is 5.49. The van der Waals surface area contributed by atoms with E-state index in [9.17, 15) is 4.79 Å². The summed E-state index contributed by atoms with van der Waals surface area (Å²) in [5, 5.41) is 13.5. The van der Waals surface area contributed by atoms with Crippen molar-refractivity contribution in [2.24, 2.45) is 0 Å². The van der Waals surface area contributed by atoms with Crippen molar-refractivity contribution in [3.05, 3.63) is 47.9 Å². The van der Waals surface area contributed by atoms with Crippen molar-refractivity contribution in [1.29, 1.82) is 0 Å². The third-order valence-electron chi connectivity index (χ3n) is 4.16. The SMILES string of the molecule is CCN(CC)C(CNC(=O)c1ccc2n[nH]nc2c1)c1ccco1. The molecule has 0 fully saturated rings. The molecule has 126 valence electrons. The summed E-state index contributed by atoms with van der Waals surface area (Å²) in [5.74, 6) is 0.717. The van der Waals surface area contributed by atoms with Gasteiger partial charge in [0.05, 0.1) is 12.3 Å². The summed E-state index contributed by atoms with van der Waals surface area (Å²) in [6, 6.07) is 9.08. The Hall–Kier alpha value is -2.67. The van der Waals surface area contributed by atoms with Gasteiger partial charge in [0.25, 0.3) is 5.91 Å². The standard InChI is InChI=1S/C17H21N5O2/c1-3-22(4-2)15(16-6-5-9-24-16)11-18-17(23)12-7-8-13-14(10-12)20-21-19-13/h5-10,15H,3-4,11H2,1-2H3,(H,18,23)(H,19,20,21). The van der Waals surface area contributed by atoms with Crippen LogP contribution in [0.5, 0.6) is 0 Å². The fraction of sp³-hybridized carbons (Fsp3) is 0.353. The second kappa shape index (κ2) is 7.27. The Morgan fingerprint density at radius 2 is 2.04 bits per heavy atom. The van der Waals surface area contributed by atoms with Crippen molar-refractivity contribution in [3.8, 4) is 0 Å². The number of hydrogen-bond donors (Lipinski definition) is 2. The third kappa shape index (κ3) is 3.30. The van der Waals surface area contributed by atoms with Crippen LogP contribution >= 0.6 is 0 Å². The molecule has 24 heavy (non-hydrogen) atoms. The Morgan fingerprint density at radius 3 is 2.75 bits per heavy atom. The highest BCUT2D eigenvalue weighted by Crippen LogP contribution is 2.20. The summed E-state index contributed by atoms with van der Waals surface area (Å²) >= 11 is 0. The van der Waals surface area contributed by atoms with E-state index in [0.717, 1.165) is 24.4 Å². The van der Waals surface area contributed by atoms with Gasteiger partial charge in [-0.1, -0.05) is 13.8 Å². The molecule has 0 saturated carbocycles. The number of benzene rings is 1. The van der Waals surface area contributed by atoms with Gasteiger partial charge < -0.3 is 9.73 Å². The first-order chi connectivity index (χ1) is 11.7. The van der Waals surface area contributed by atoms with Crippen molar-refractivity contribution in [1.82, 2.24) is 25.6 Å². The van der Waals surface area contributed by atoms with Crippen LogP contribution in [0, 0.1) is 0 Å². The number of aromatic amines is 1. The molecule has 3 aromatic rings. The molecule has 0 aliphatic heterocycles. The fourth-order valence-corrected chi connectivity index (χ4v) is 2.83. The zero-order valence-electron chi connectivity index (χ0n) is 13.8. The van der Waals surface area contributed by atoms with Crippen LogP contribution in [0.25, 0.3) is 11.0 Å². The van der Waals surface area contributed by atoms with E-state index < -0.39 is 0 Å². The highest BCUT2D eigenvalue weighted by molar-refractivity contribution is 5.97. The van der Waals surface area contributed by atoms with Crippen LogP contribution in [0.4, 0.5) is 0 Å². The number of carbonyl (C=O) groups excluding carboxylic acids is 1. The van der Waals surface area contributed by atoms with Crippen LogP contribution in [-0.4, -0.2) is 45.9 Å². The first kappa shape index (κ1) is 16.2. The molecule has 7 nitrogen and oxygen atoms in total. The van der Waals surface area contributed by atoms with Crippen molar-refractivity contribution >= 4 is 16.9 Å². The van der Waals surface area contributed by atoms with Gasteiger partial charge in [0.2, 0.25) is 0 Å². The minimum absolute atomic E-state index is 0.00901. The summed E-state index contributed by atoms with van der Waals surface area (Å²) in [6.45, 7) is 6.43. The highest BCUT2D eigenvalue weighted by atomic mass is 16.3. The molecule has 1 amide bonds. The quantitative estimate of drug-likeness (QED) is 0.695. The summed E-state index contributed by atoms with van der Waals surface area (Å²) in [6.07, 6.45) is 1.66. The lowest BCUT2D eigenvalue weighted by Gasteiger charge is -2.28. The van der Waals surface area contributed by atoms with Crippen molar-refractivity contribution < 1.29 is 9.21 Å². The lowest BCUT2D eigenvalue weighted by atomic mass is 10.1. The minimum atomic E-state index is -0.136. The number of carbonyl (C=O) groups is 1. The molecule has 2 N–H and O–H groups in total. The predicted molar refractivity (Wildman–Crippen MR) is 90.6 cm³/mol. The Kier molecular flexibility index (Phi) is 4.90. The molecular formula is C17H21N5O2. The zero-order chi connectivity index (χ0) is 16.9. The maximum Gasteiger partial charge on any atom is 0.251 e. The van der Waals surface area contributed by atoms with Crippen LogP contribution in [0.2, 0.25) is 0 Å². The first-order valence-corrected chi connectivity index (χ1v) is 8.09. The van der Waals surface area contributed by atoms with Gasteiger partial charge in [-0.15, -0.1) is 0 Å². The largest absolute Gasteiger partial charge is 0.468 e. The molecule has 0 saturated heterocycles. The summed E-state index contributed by atoms with van der Waals surface area (Å²) in [7, 11) is 0. The second-order valence-corrected chi connectivity index (χ2v) is 5.49. The first-order valence-electron chi connectivity index (χ1n) is 8.09. The van der Waals surface area contributed by atoms with Gasteiger partial charge in [-0.05, 0) is 43.4 Å². The molecule has 7 heteroatoms. The molecule has 0 bridgehead atoms. The Morgan fingerprint density at radius 1 is 1.25 bits per heavy atom. The number of fused-ring (bicyclic) bond motifs is 1. The average Bonchev–Trinajstić information content (AvgIpc) is 3.28. The summed E-state index contributed by atoms with van der Waals surface area (Å²) in [5.41, 5.74) is 1.98. The number of H-pyrrole nitrogens is 1. The Balaban J connectivity index is 1.72. The molecule has 2 heterocycles. The monoisotopic (exact) mass is 327 g/mol. The van der Waals surface area contributed by atoms with E-state index in [1.165, 1.54) is 0 Å². The van der Waals surface area contributed by atoms with Crippen LogP contribution < -0.4 is 5.32 Å². The van der Waals surface area contributed by atoms with Crippen molar-refractivity contribution in [2.45, 2.75) is 19.9 Å². The molecule has 1 atom stereocenters. The number of nitrogens with zero attached hydrogens (tertiary/aromatic N) is 3. The maximum absolute atomic E-state index is 12.5. The molecule has 0 radical (unpaired) electrons.